The van der Waals surface area contributed by atoms with E-state index in [9.17, 15) is 14.4 Å². The molecule has 0 aromatic heterocycles. The highest BCUT2D eigenvalue weighted by Gasteiger charge is 2.38. The number of nitrogens with one attached hydrogen (secondary N) is 2. The van der Waals surface area contributed by atoms with Gasteiger partial charge in [0.25, 0.3) is 5.91 Å². The molecule has 6 heteroatoms. The molecule has 0 radical (unpaired) electrons. The molecular formula is C20H25N3O3. The highest BCUT2D eigenvalue weighted by Crippen LogP contribution is 2.30. The van der Waals surface area contributed by atoms with E-state index in [2.05, 4.69) is 10.6 Å². The molecule has 6 nitrogen and oxygen atoms in total. The van der Waals surface area contributed by atoms with Crippen molar-refractivity contribution in [3.63, 3.8) is 0 Å². The maximum atomic E-state index is 12.6. The molecule has 1 heterocycles. The molecule has 3 amide bonds. The van der Waals surface area contributed by atoms with E-state index in [1.165, 1.54) is 12.8 Å². The Hall–Kier alpha value is -2.37. The molecule has 0 unspecified atom stereocenters. The quantitative estimate of drug-likeness (QED) is 0.851. The van der Waals surface area contributed by atoms with Crippen LogP contribution in [0, 0.1) is 5.92 Å². The fraction of sp³-hybridized carbons (Fsp3) is 0.550. The molecule has 1 atom stereocenters. The van der Waals surface area contributed by atoms with Crippen molar-refractivity contribution in [2.45, 2.75) is 57.0 Å². The van der Waals surface area contributed by atoms with Gasteiger partial charge in [0.1, 0.15) is 0 Å². The van der Waals surface area contributed by atoms with Gasteiger partial charge in [-0.05, 0) is 43.9 Å². The van der Waals surface area contributed by atoms with Crippen molar-refractivity contribution >= 4 is 23.4 Å². The predicted octanol–water partition coefficient (Wildman–Crippen LogP) is 2.31. The normalized spacial score (nSPS) is 23.3. The summed E-state index contributed by atoms with van der Waals surface area (Å²) >= 11 is 0. The highest BCUT2D eigenvalue weighted by atomic mass is 16.2. The van der Waals surface area contributed by atoms with Crippen LogP contribution in [0.2, 0.25) is 0 Å². The first kappa shape index (κ1) is 17.1. The lowest BCUT2D eigenvalue weighted by atomic mass is 10.1. The number of carbonyl (C=O) groups is 3. The lowest BCUT2D eigenvalue weighted by molar-refractivity contribution is -0.129. The van der Waals surface area contributed by atoms with Gasteiger partial charge in [0.05, 0.1) is 5.92 Å². The monoisotopic (exact) mass is 355 g/mol. The van der Waals surface area contributed by atoms with Crippen LogP contribution in [0.4, 0.5) is 5.69 Å². The zero-order chi connectivity index (χ0) is 18.1. The summed E-state index contributed by atoms with van der Waals surface area (Å²) in [6.45, 7) is 0.511. The Balaban J connectivity index is 1.37. The van der Waals surface area contributed by atoms with Crippen molar-refractivity contribution in [3.8, 4) is 0 Å². The number of nitrogens with zero attached hydrogens (tertiary/aromatic N) is 1. The molecule has 0 bridgehead atoms. The van der Waals surface area contributed by atoms with Crippen LogP contribution < -0.4 is 10.6 Å². The first-order chi connectivity index (χ1) is 12.6. The van der Waals surface area contributed by atoms with E-state index in [4.69, 9.17) is 0 Å². The van der Waals surface area contributed by atoms with E-state index in [1.807, 2.05) is 4.90 Å². The predicted molar refractivity (Wildman–Crippen MR) is 97.6 cm³/mol. The number of carbonyl (C=O) groups excluding carboxylic acids is 3. The van der Waals surface area contributed by atoms with Gasteiger partial charge >= 0.3 is 0 Å². The van der Waals surface area contributed by atoms with E-state index in [1.54, 1.807) is 24.3 Å². The Bertz CT molecular complexity index is 723. The van der Waals surface area contributed by atoms with Crippen LogP contribution in [-0.2, 0) is 9.59 Å². The smallest absolute Gasteiger partial charge is 0.251 e. The molecule has 138 valence electrons. The second-order valence-electron chi connectivity index (χ2n) is 7.70. The van der Waals surface area contributed by atoms with Gasteiger partial charge in [-0.1, -0.05) is 18.9 Å². The van der Waals surface area contributed by atoms with Crippen molar-refractivity contribution in [3.05, 3.63) is 29.8 Å². The number of amides is 3. The molecule has 1 aromatic carbocycles. The molecule has 1 aliphatic heterocycles. The minimum absolute atomic E-state index is 0.0922. The maximum absolute atomic E-state index is 12.6. The van der Waals surface area contributed by atoms with E-state index in [0.717, 1.165) is 25.7 Å². The standard InChI is InChI=1S/C20H25N3O3/c24-18-11-14(12-23(18)17-6-1-2-7-17)20(26)22-16-5-3-4-13(10-16)19(25)21-15-8-9-15/h3-5,10,14-15,17H,1-2,6-9,11-12H2,(H,21,25)(H,22,26)/t14-/m1/s1. The van der Waals surface area contributed by atoms with Gasteiger partial charge < -0.3 is 15.5 Å². The van der Waals surface area contributed by atoms with Crippen LogP contribution in [0.25, 0.3) is 0 Å². The van der Waals surface area contributed by atoms with Crippen LogP contribution in [0.15, 0.2) is 24.3 Å². The number of likely N-dealkylation sites (tertiary alicyclic amines) is 1. The van der Waals surface area contributed by atoms with Crippen LogP contribution >= 0.6 is 0 Å². The summed E-state index contributed by atoms with van der Waals surface area (Å²) in [4.78, 5) is 38.9. The summed E-state index contributed by atoms with van der Waals surface area (Å²) in [6.07, 6.45) is 6.80. The van der Waals surface area contributed by atoms with Gasteiger partial charge in [0, 0.05) is 36.3 Å². The Morgan fingerprint density at radius 1 is 1.08 bits per heavy atom. The van der Waals surface area contributed by atoms with Crippen molar-refractivity contribution in [2.75, 3.05) is 11.9 Å². The van der Waals surface area contributed by atoms with Gasteiger partial charge in [-0.3, -0.25) is 14.4 Å². The van der Waals surface area contributed by atoms with Gasteiger partial charge in [-0.25, -0.2) is 0 Å². The lowest BCUT2D eigenvalue weighted by Gasteiger charge is -2.23. The minimum Gasteiger partial charge on any atom is -0.349 e. The van der Waals surface area contributed by atoms with E-state index in [-0.39, 0.29) is 30.1 Å². The Kier molecular flexibility index (Phi) is 4.66. The third-order valence-corrected chi connectivity index (χ3v) is 5.60. The van der Waals surface area contributed by atoms with E-state index >= 15 is 0 Å². The molecule has 2 N–H and O–H groups in total. The molecule has 2 saturated carbocycles. The topological polar surface area (TPSA) is 78.5 Å². The van der Waals surface area contributed by atoms with Crippen molar-refractivity contribution in [2.24, 2.45) is 5.92 Å². The molecule has 1 aromatic rings. The van der Waals surface area contributed by atoms with Crippen molar-refractivity contribution in [1.82, 2.24) is 10.2 Å². The molecule has 3 fully saturated rings. The molecule has 3 aliphatic rings. The van der Waals surface area contributed by atoms with Crippen molar-refractivity contribution in [1.29, 1.82) is 0 Å². The summed E-state index contributed by atoms with van der Waals surface area (Å²) in [7, 11) is 0. The fourth-order valence-corrected chi connectivity index (χ4v) is 3.96. The third kappa shape index (κ3) is 3.74. The Labute approximate surface area is 153 Å². The van der Waals surface area contributed by atoms with E-state index < -0.39 is 0 Å². The second kappa shape index (κ2) is 7.09. The summed E-state index contributed by atoms with van der Waals surface area (Å²) < 4.78 is 0. The largest absolute Gasteiger partial charge is 0.349 e. The fourth-order valence-electron chi connectivity index (χ4n) is 3.96. The van der Waals surface area contributed by atoms with E-state index in [0.29, 0.717) is 29.9 Å². The average molecular weight is 355 g/mol. The molecule has 0 spiro atoms. The van der Waals surface area contributed by atoms with Gasteiger partial charge in [-0.2, -0.15) is 0 Å². The summed E-state index contributed by atoms with van der Waals surface area (Å²) in [5.74, 6) is -0.465. The van der Waals surface area contributed by atoms with Crippen LogP contribution in [0.5, 0.6) is 0 Å². The first-order valence-corrected chi connectivity index (χ1v) is 9.61. The second-order valence-corrected chi connectivity index (χ2v) is 7.70. The number of hydrogen-bond donors (Lipinski definition) is 2. The molecule has 26 heavy (non-hydrogen) atoms. The SMILES string of the molecule is O=C(NC1CC1)c1cccc(NC(=O)[C@@H]2CC(=O)N(C3CCCC3)C2)c1. The summed E-state index contributed by atoms with van der Waals surface area (Å²) in [6, 6.07) is 7.59. The zero-order valence-corrected chi connectivity index (χ0v) is 14.9. The number of anilines is 1. The number of hydrogen-bond acceptors (Lipinski definition) is 3. The molecule has 1 saturated heterocycles. The molecular weight excluding hydrogens is 330 g/mol. The third-order valence-electron chi connectivity index (χ3n) is 5.60. The number of benzene rings is 1. The Morgan fingerprint density at radius 2 is 1.85 bits per heavy atom. The molecule has 4 rings (SSSR count). The zero-order valence-electron chi connectivity index (χ0n) is 14.9. The van der Waals surface area contributed by atoms with Gasteiger partial charge in [-0.15, -0.1) is 0 Å². The lowest BCUT2D eigenvalue weighted by Crippen LogP contribution is -2.35. The number of rotatable bonds is 5. The highest BCUT2D eigenvalue weighted by molar-refractivity contribution is 5.99. The average Bonchev–Trinajstić information content (AvgIpc) is 3.12. The molecule has 2 aliphatic carbocycles. The first-order valence-electron chi connectivity index (χ1n) is 9.61. The van der Waals surface area contributed by atoms with Crippen LogP contribution in [0.3, 0.4) is 0 Å². The van der Waals surface area contributed by atoms with Crippen molar-refractivity contribution < 1.29 is 14.4 Å². The summed E-state index contributed by atoms with van der Waals surface area (Å²) in [5, 5.41) is 5.83. The minimum atomic E-state index is -0.313. The Morgan fingerprint density at radius 3 is 2.58 bits per heavy atom. The maximum Gasteiger partial charge on any atom is 0.251 e. The van der Waals surface area contributed by atoms with Gasteiger partial charge in [0.15, 0.2) is 0 Å². The summed E-state index contributed by atoms with van der Waals surface area (Å²) in [5.41, 5.74) is 1.15. The van der Waals surface area contributed by atoms with Crippen LogP contribution in [-0.4, -0.2) is 41.2 Å². The van der Waals surface area contributed by atoms with Gasteiger partial charge in [0.2, 0.25) is 11.8 Å². The van der Waals surface area contributed by atoms with Crippen LogP contribution in [0.1, 0.15) is 55.3 Å².